The predicted molar refractivity (Wildman–Crippen MR) is 62.7 cm³/mol. The fraction of sp³-hybridized carbons (Fsp3) is 0.385. The largest absolute Gasteiger partial charge is 0.494 e. The lowest BCUT2D eigenvalue weighted by molar-refractivity contribution is 0.386. The van der Waals surface area contributed by atoms with Crippen molar-refractivity contribution in [3.63, 3.8) is 0 Å². The van der Waals surface area contributed by atoms with Crippen LogP contribution in [0.4, 0.5) is 4.39 Å². The van der Waals surface area contributed by atoms with Crippen molar-refractivity contribution in [3.05, 3.63) is 29.6 Å². The van der Waals surface area contributed by atoms with E-state index in [-0.39, 0.29) is 11.6 Å². The highest BCUT2D eigenvalue weighted by Crippen LogP contribution is 2.17. The summed E-state index contributed by atoms with van der Waals surface area (Å²) in [4.78, 5) is 0. The summed E-state index contributed by atoms with van der Waals surface area (Å²) in [5, 5.41) is 3.19. The number of hydrogen-bond acceptors (Lipinski definition) is 2. The highest BCUT2D eigenvalue weighted by molar-refractivity contribution is 5.29. The fourth-order valence-corrected chi connectivity index (χ4v) is 1.33. The molecule has 1 aromatic rings. The summed E-state index contributed by atoms with van der Waals surface area (Å²) < 4.78 is 18.1. The summed E-state index contributed by atoms with van der Waals surface area (Å²) in [6.45, 7) is 3.28. The first kappa shape index (κ1) is 12.5. The van der Waals surface area contributed by atoms with Gasteiger partial charge in [0, 0.05) is 19.5 Å². The van der Waals surface area contributed by atoms with Gasteiger partial charge in [0.15, 0.2) is 11.6 Å². The van der Waals surface area contributed by atoms with Crippen LogP contribution in [-0.4, -0.2) is 13.7 Å². The van der Waals surface area contributed by atoms with Gasteiger partial charge in [-0.2, -0.15) is 0 Å². The van der Waals surface area contributed by atoms with E-state index in [1.54, 1.807) is 6.07 Å². The minimum atomic E-state index is -0.324. The molecule has 2 nitrogen and oxygen atoms in total. The monoisotopic (exact) mass is 221 g/mol. The molecule has 3 heteroatoms. The second kappa shape index (κ2) is 6.86. The van der Waals surface area contributed by atoms with Gasteiger partial charge in [-0.05, 0) is 24.6 Å². The van der Waals surface area contributed by atoms with Crippen molar-refractivity contribution >= 4 is 0 Å². The van der Waals surface area contributed by atoms with E-state index in [9.17, 15) is 4.39 Å². The van der Waals surface area contributed by atoms with Crippen molar-refractivity contribution < 1.29 is 9.13 Å². The van der Waals surface area contributed by atoms with Crippen molar-refractivity contribution in [2.24, 2.45) is 0 Å². The molecule has 0 saturated carbocycles. The lowest BCUT2D eigenvalue weighted by Gasteiger charge is -2.05. The Labute approximate surface area is 95.8 Å². The Balaban J connectivity index is 2.42. The molecule has 0 aromatic heterocycles. The smallest absolute Gasteiger partial charge is 0.165 e. The van der Waals surface area contributed by atoms with Gasteiger partial charge in [-0.1, -0.05) is 6.07 Å². The molecule has 1 aromatic carbocycles. The number of methoxy groups -OCH3 is 1. The molecule has 0 radical (unpaired) electrons. The van der Waals surface area contributed by atoms with Crippen molar-refractivity contribution in [1.82, 2.24) is 5.32 Å². The molecule has 0 amide bonds. The first-order chi connectivity index (χ1) is 7.77. The summed E-state index contributed by atoms with van der Waals surface area (Å²) >= 11 is 0. The molecule has 0 unspecified atom stereocenters. The quantitative estimate of drug-likeness (QED) is 0.608. The van der Waals surface area contributed by atoms with Crippen LogP contribution in [0.5, 0.6) is 5.75 Å². The van der Waals surface area contributed by atoms with Crippen LogP contribution in [0.15, 0.2) is 18.2 Å². The van der Waals surface area contributed by atoms with Crippen molar-refractivity contribution in [1.29, 1.82) is 0 Å². The SMILES string of the molecule is CC#CCCNCc1ccc(OC)c(F)c1. The second-order valence-electron chi connectivity index (χ2n) is 3.32. The number of halogens is 1. The van der Waals surface area contributed by atoms with Gasteiger partial charge in [0.25, 0.3) is 0 Å². The maximum Gasteiger partial charge on any atom is 0.165 e. The Bertz CT molecular complexity index is 393. The zero-order chi connectivity index (χ0) is 11.8. The molecule has 1 rings (SSSR count). The third-order valence-electron chi connectivity index (χ3n) is 2.15. The van der Waals surface area contributed by atoms with Gasteiger partial charge in [-0.25, -0.2) is 4.39 Å². The van der Waals surface area contributed by atoms with Crippen LogP contribution in [0, 0.1) is 17.7 Å². The van der Waals surface area contributed by atoms with E-state index in [2.05, 4.69) is 17.2 Å². The molecular weight excluding hydrogens is 205 g/mol. The van der Waals surface area contributed by atoms with Crippen LogP contribution in [0.25, 0.3) is 0 Å². The van der Waals surface area contributed by atoms with E-state index < -0.39 is 0 Å². The van der Waals surface area contributed by atoms with E-state index in [1.165, 1.54) is 13.2 Å². The molecule has 0 aliphatic carbocycles. The van der Waals surface area contributed by atoms with E-state index in [4.69, 9.17) is 4.74 Å². The van der Waals surface area contributed by atoms with Crippen molar-refractivity contribution in [2.45, 2.75) is 19.9 Å². The summed E-state index contributed by atoms with van der Waals surface area (Å²) in [6.07, 6.45) is 0.815. The first-order valence-corrected chi connectivity index (χ1v) is 5.20. The molecule has 0 atom stereocenters. The minimum absolute atomic E-state index is 0.278. The van der Waals surface area contributed by atoms with Crippen molar-refractivity contribution in [2.75, 3.05) is 13.7 Å². The van der Waals surface area contributed by atoms with E-state index in [0.717, 1.165) is 18.5 Å². The molecule has 16 heavy (non-hydrogen) atoms. The third kappa shape index (κ3) is 3.92. The molecule has 1 N–H and O–H groups in total. The zero-order valence-electron chi connectivity index (χ0n) is 9.64. The number of benzene rings is 1. The summed E-state index contributed by atoms with van der Waals surface area (Å²) in [7, 11) is 1.46. The van der Waals surface area contributed by atoms with Gasteiger partial charge in [0.2, 0.25) is 0 Å². The first-order valence-electron chi connectivity index (χ1n) is 5.20. The van der Waals surface area contributed by atoms with Gasteiger partial charge < -0.3 is 10.1 Å². The second-order valence-corrected chi connectivity index (χ2v) is 3.32. The normalized spacial score (nSPS) is 9.44. The van der Waals surface area contributed by atoms with Gasteiger partial charge >= 0.3 is 0 Å². The van der Waals surface area contributed by atoms with Crippen LogP contribution in [0.1, 0.15) is 18.9 Å². The molecule has 0 bridgehead atoms. The topological polar surface area (TPSA) is 21.3 Å². The molecule has 0 aliphatic rings. The van der Waals surface area contributed by atoms with Crippen LogP contribution in [0.3, 0.4) is 0 Å². The Morgan fingerprint density at radius 1 is 1.44 bits per heavy atom. The Hall–Kier alpha value is -1.53. The lowest BCUT2D eigenvalue weighted by atomic mass is 10.2. The molecule has 0 spiro atoms. The molecule has 0 fully saturated rings. The van der Waals surface area contributed by atoms with E-state index in [0.29, 0.717) is 6.54 Å². The van der Waals surface area contributed by atoms with Crippen molar-refractivity contribution in [3.8, 4) is 17.6 Å². The Kier molecular flexibility index (Phi) is 5.38. The number of ether oxygens (including phenoxy) is 1. The van der Waals surface area contributed by atoms with Crippen LogP contribution in [0.2, 0.25) is 0 Å². The lowest BCUT2D eigenvalue weighted by Crippen LogP contribution is -2.14. The third-order valence-corrected chi connectivity index (χ3v) is 2.15. The van der Waals surface area contributed by atoms with Crippen LogP contribution < -0.4 is 10.1 Å². The highest BCUT2D eigenvalue weighted by Gasteiger charge is 2.02. The van der Waals surface area contributed by atoms with Crippen LogP contribution in [-0.2, 0) is 6.54 Å². The fourth-order valence-electron chi connectivity index (χ4n) is 1.33. The van der Waals surface area contributed by atoms with Crippen LogP contribution >= 0.6 is 0 Å². The molecule has 0 heterocycles. The summed E-state index contributed by atoms with van der Waals surface area (Å²) in [5.74, 6) is 5.74. The Morgan fingerprint density at radius 3 is 2.88 bits per heavy atom. The number of nitrogens with one attached hydrogen (secondary N) is 1. The van der Waals surface area contributed by atoms with E-state index in [1.807, 2.05) is 13.0 Å². The van der Waals surface area contributed by atoms with Gasteiger partial charge in [-0.3, -0.25) is 0 Å². The zero-order valence-corrected chi connectivity index (χ0v) is 9.64. The molecular formula is C13H16FNO. The highest BCUT2D eigenvalue weighted by atomic mass is 19.1. The number of rotatable bonds is 5. The summed E-state index contributed by atoms with van der Waals surface area (Å²) in [6, 6.07) is 4.97. The molecule has 86 valence electrons. The summed E-state index contributed by atoms with van der Waals surface area (Å²) in [5.41, 5.74) is 0.905. The minimum Gasteiger partial charge on any atom is -0.494 e. The Morgan fingerprint density at radius 2 is 2.25 bits per heavy atom. The van der Waals surface area contributed by atoms with Gasteiger partial charge in [0.1, 0.15) is 0 Å². The standard InChI is InChI=1S/C13H16FNO/c1-3-4-5-8-15-10-11-6-7-13(16-2)12(14)9-11/h6-7,9,15H,5,8,10H2,1-2H3. The average molecular weight is 221 g/mol. The van der Waals surface area contributed by atoms with Gasteiger partial charge in [-0.15, -0.1) is 11.8 Å². The maximum atomic E-state index is 13.3. The van der Waals surface area contributed by atoms with E-state index >= 15 is 0 Å². The van der Waals surface area contributed by atoms with Gasteiger partial charge in [0.05, 0.1) is 7.11 Å². The average Bonchev–Trinajstić information content (AvgIpc) is 2.29. The molecule has 0 aliphatic heterocycles. The maximum absolute atomic E-state index is 13.3. The molecule has 0 saturated heterocycles. The predicted octanol–water partition coefficient (Wildman–Crippen LogP) is 2.34. The number of hydrogen-bond donors (Lipinski definition) is 1.